The molecule has 1 aromatic carbocycles. The Bertz CT molecular complexity index is 738. The van der Waals surface area contributed by atoms with Crippen molar-refractivity contribution in [2.45, 2.75) is 25.8 Å². The molecule has 0 spiro atoms. The van der Waals surface area contributed by atoms with E-state index in [1.807, 2.05) is 0 Å². The van der Waals surface area contributed by atoms with E-state index in [4.69, 9.17) is 0 Å². The van der Waals surface area contributed by atoms with Gasteiger partial charge in [0.05, 0.1) is 17.2 Å². The molecule has 1 aliphatic rings. The van der Waals surface area contributed by atoms with Crippen LogP contribution in [0.25, 0.3) is 0 Å². The van der Waals surface area contributed by atoms with Crippen molar-refractivity contribution in [2.24, 2.45) is 0 Å². The summed E-state index contributed by atoms with van der Waals surface area (Å²) in [7, 11) is 0. The van der Waals surface area contributed by atoms with Gasteiger partial charge in [0.2, 0.25) is 5.91 Å². The molecule has 124 valence electrons. The molecule has 0 bridgehead atoms. The monoisotopic (exact) mass is 328 g/mol. The topological polar surface area (TPSA) is 121 Å². The Morgan fingerprint density at radius 2 is 1.92 bits per heavy atom. The number of tetrazole rings is 1. The lowest BCUT2D eigenvalue weighted by Crippen LogP contribution is -2.32. The Balaban J connectivity index is 1.63. The number of aromatic amines is 1. The van der Waals surface area contributed by atoms with E-state index in [0.717, 1.165) is 0 Å². The van der Waals surface area contributed by atoms with Gasteiger partial charge in [0, 0.05) is 13.5 Å². The minimum atomic E-state index is -0.420. The van der Waals surface area contributed by atoms with Crippen LogP contribution in [-0.4, -0.2) is 49.8 Å². The summed E-state index contributed by atoms with van der Waals surface area (Å²) < 4.78 is 0. The van der Waals surface area contributed by atoms with E-state index in [9.17, 15) is 14.4 Å². The Labute approximate surface area is 137 Å². The summed E-state index contributed by atoms with van der Waals surface area (Å²) in [5.41, 5.74) is 0.859. The predicted octanol–water partition coefficient (Wildman–Crippen LogP) is 0.453. The van der Waals surface area contributed by atoms with Gasteiger partial charge in [-0.3, -0.25) is 19.3 Å². The summed E-state index contributed by atoms with van der Waals surface area (Å²) in [4.78, 5) is 37.1. The lowest BCUT2D eigenvalue weighted by Gasteiger charge is -2.17. The van der Waals surface area contributed by atoms with Gasteiger partial charge in [-0.1, -0.05) is 17.3 Å². The Hall–Kier alpha value is -3.10. The molecule has 3 amide bonds. The molecule has 24 heavy (non-hydrogen) atoms. The molecule has 2 heterocycles. The van der Waals surface area contributed by atoms with Crippen LogP contribution in [0.5, 0.6) is 0 Å². The third kappa shape index (κ3) is 3.00. The fraction of sp³-hybridized carbons (Fsp3) is 0.333. The Morgan fingerprint density at radius 3 is 2.46 bits per heavy atom. The summed E-state index contributed by atoms with van der Waals surface area (Å²) in [5.74, 6) is -0.421. The summed E-state index contributed by atoms with van der Waals surface area (Å²) in [6.07, 6.45) is 0.984. The first-order valence-corrected chi connectivity index (χ1v) is 7.53. The number of fused-ring (bicyclic) bond motifs is 1. The molecule has 0 unspecified atom stereocenters. The maximum atomic E-state index is 12.3. The molecule has 1 atom stereocenters. The lowest BCUT2D eigenvalue weighted by molar-refractivity contribution is -0.119. The molecule has 9 heteroatoms. The second-order valence-electron chi connectivity index (χ2n) is 5.47. The van der Waals surface area contributed by atoms with Crippen molar-refractivity contribution in [1.29, 1.82) is 0 Å². The van der Waals surface area contributed by atoms with Crippen molar-refractivity contribution in [3.63, 3.8) is 0 Å². The number of benzene rings is 1. The first kappa shape index (κ1) is 15.8. The average molecular weight is 328 g/mol. The van der Waals surface area contributed by atoms with Crippen LogP contribution in [0.1, 0.15) is 52.3 Å². The predicted molar refractivity (Wildman–Crippen MR) is 81.8 cm³/mol. The van der Waals surface area contributed by atoms with Gasteiger partial charge >= 0.3 is 0 Å². The molecule has 0 fully saturated rings. The summed E-state index contributed by atoms with van der Waals surface area (Å²) in [6, 6.07) is 6.34. The molecular formula is C15H16N6O3. The van der Waals surface area contributed by atoms with Gasteiger partial charge in [-0.15, -0.1) is 10.2 Å². The first-order chi connectivity index (χ1) is 11.6. The Morgan fingerprint density at radius 1 is 1.25 bits per heavy atom. The summed E-state index contributed by atoms with van der Waals surface area (Å²) in [6.45, 7) is 1.66. The summed E-state index contributed by atoms with van der Waals surface area (Å²) >= 11 is 0. The van der Waals surface area contributed by atoms with E-state index >= 15 is 0 Å². The number of rotatable bonds is 6. The molecule has 9 nitrogen and oxygen atoms in total. The van der Waals surface area contributed by atoms with Crippen molar-refractivity contribution >= 4 is 17.7 Å². The summed E-state index contributed by atoms with van der Waals surface area (Å²) in [5, 5.41) is 16.3. The van der Waals surface area contributed by atoms with Crippen LogP contribution < -0.4 is 5.32 Å². The van der Waals surface area contributed by atoms with Crippen molar-refractivity contribution in [3.05, 3.63) is 41.2 Å². The number of nitrogens with zero attached hydrogens (tertiary/aromatic N) is 4. The van der Waals surface area contributed by atoms with Crippen LogP contribution >= 0.6 is 0 Å². The third-order valence-corrected chi connectivity index (χ3v) is 3.80. The molecule has 0 saturated heterocycles. The van der Waals surface area contributed by atoms with Gasteiger partial charge < -0.3 is 5.32 Å². The highest BCUT2D eigenvalue weighted by molar-refractivity contribution is 6.21. The number of hydrogen-bond donors (Lipinski definition) is 2. The number of hydrogen-bond acceptors (Lipinski definition) is 6. The second-order valence-corrected chi connectivity index (χ2v) is 5.47. The average Bonchev–Trinajstić information content (AvgIpc) is 3.17. The van der Waals surface area contributed by atoms with Crippen molar-refractivity contribution in [3.8, 4) is 0 Å². The van der Waals surface area contributed by atoms with E-state index in [0.29, 0.717) is 29.8 Å². The molecular weight excluding hydrogens is 312 g/mol. The van der Waals surface area contributed by atoms with Gasteiger partial charge in [0.15, 0.2) is 5.82 Å². The highest BCUT2D eigenvalue weighted by Gasteiger charge is 2.34. The molecule has 3 rings (SSSR count). The van der Waals surface area contributed by atoms with E-state index < -0.39 is 6.04 Å². The highest BCUT2D eigenvalue weighted by Crippen LogP contribution is 2.23. The highest BCUT2D eigenvalue weighted by atomic mass is 16.2. The number of carbonyl (C=O) groups excluding carboxylic acids is 3. The number of aromatic nitrogens is 4. The normalized spacial score (nSPS) is 14.6. The fourth-order valence-electron chi connectivity index (χ4n) is 2.72. The van der Waals surface area contributed by atoms with E-state index in [-0.39, 0.29) is 24.3 Å². The van der Waals surface area contributed by atoms with E-state index in [1.54, 1.807) is 24.3 Å². The van der Waals surface area contributed by atoms with Gasteiger partial charge in [0.25, 0.3) is 11.8 Å². The van der Waals surface area contributed by atoms with Crippen molar-refractivity contribution in [2.75, 3.05) is 6.54 Å². The Kier molecular flexibility index (Phi) is 4.32. The lowest BCUT2D eigenvalue weighted by atomic mass is 10.1. The van der Waals surface area contributed by atoms with Crippen LogP contribution in [0.15, 0.2) is 24.3 Å². The first-order valence-electron chi connectivity index (χ1n) is 7.53. The second kappa shape index (κ2) is 6.57. The quantitative estimate of drug-likeness (QED) is 0.743. The molecule has 1 aliphatic heterocycles. The van der Waals surface area contributed by atoms with Crippen LogP contribution in [0.2, 0.25) is 0 Å². The van der Waals surface area contributed by atoms with Crippen molar-refractivity contribution in [1.82, 2.24) is 30.8 Å². The number of nitrogens with one attached hydrogen (secondary N) is 2. The number of amides is 3. The van der Waals surface area contributed by atoms with Gasteiger partial charge in [-0.2, -0.15) is 5.21 Å². The van der Waals surface area contributed by atoms with Gasteiger partial charge in [0.1, 0.15) is 0 Å². The molecule has 2 aromatic rings. The number of H-pyrrole nitrogens is 1. The van der Waals surface area contributed by atoms with Crippen LogP contribution in [0.4, 0.5) is 0 Å². The molecule has 0 radical (unpaired) electrons. The minimum Gasteiger partial charge on any atom is -0.346 e. The minimum absolute atomic E-state index is 0.217. The van der Waals surface area contributed by atoms with Gasteiger partial charge in [-0.25, -0.2) is 0 Å². The van der Waals surface area contributed by atoms with E-state index in [2.05, 4.69) is 25.9 Å². The van der Waals surface area contributed by atoms with Crippen molar-refractivity contribution < 1.29 is 14.4 Å². The smallest absolute Gasteiger partial charge is 0.261 e. The standard InChI is InChI=1S/C15H16N6O3/c1-9(22)16-12(13-17-19-20-18-13)7-4-8-21-14(23)10-5-2-3-6-11(10)15(21)24/h2-3,5-6,12H,4,7-8H2,1H3,(H,16,22)(H,17,18,19,20)/t12-/m1/s1. The zero-order chi connectivity index (χ0) is 17.1. The largest absolute Gasteiger partial charge is 0.346 e. The van der Waals surface area contributed by atoms with Crippen LogP contribution in [0, 0.1) is 0 Å². The number of imide groups is 1. The SMILES string of the molecule is CC(=O)N[C@H](CCCN1C(=O)c2ccccc2C1=O)c1nn[nH]n1. The zero-order valence-electron chi connectivity index (χ0n) is 13.0. The molecule has 1 aromatic heterocycles. The third-order valence-electron chi connectivity index (χ3n) is 3.80. The van der Waals surface area contributed by atoms with Crippen LogP contribution in [0.3, 0.4) is 0 Å². The maximum Gasteiger partial charge on any atom is 0.261 e. The van der Waals surface area contributed by atoms with Gasteiger partial charge in [-0.05, 0) is 25.0 Å². The molecule has 0 saturated carbocycles. The molecule has 2 N–H and O–H groups in total. The zero-order valence-corrected chi connectivity index (χ0v) is 13.0. The number of carbonyl (C=O) groups is 3. The molecule has 0 aliphatic carbocycles. The maximum absolute atomic E-state index is 12.3. The van der Waals surface area contributed by atoms with E-state index in [1.165, 1.54) is 11.8 Å². The fourth-order valence-corrected chi connectivity index (χ4v) is 2.72. The van der Waals surface area contributed by atoms with Crippen LogP contribution in [-0.2, 0) is 4.79 Å².